The molecule has 1 aromatic rings. The second-order valence-electron chi connectivity index (χ2n) is 6.05. The lowest BCUT2D eigenvalue weighted by Gasteiger charge is -2.29. The van der Waals surface area contributed by atoms with E-state index in [0.717, 1.165) is 17.8 Å². The number of hydrogen-bond acceptors (Lipinski definition) is 4. The molecule has 0 aliphatic heterocycles. The van der Waals surface area contributed by atoms with Crippen LogP contribution < -0.4 is 11.1 Å². The van der Waals surface area contributed by atoms with Gasteiger partial charge in [-0.25, -0.2) is 4.98 Å². The summed E-state index contributed by atoms with van der Waals surface area (Å²) in [6.07, 6.45) is 7.13. The van der Waals surface area contributed by atoms with E-state index in [1.54, 1.807) is 12.3 Å². The highest BCUT2D eigenvalue weighted by Gasteiger charge is 2.41. The molecule has 4 unspecified atom stereocenters. The number of rotatable bonds is 3. The Kier molecular flexibility index (Phi) is 3.06. The van der Waals surface area contributed by atoms with Gasteiger partial charge in [-0.1, -0.05) is 6.42 Å². The summed E-state index contributed by atoms with van der Waals surface area (Å²) in [5.74, 6) is 3.21. The molecular weight excluding hydrogens is 236 g/mol. The minimum absolute atomic E-state index is 0.374. The van der Waals surface area contributed by atoms with E-state index in [4.69, 9.17) is 11.0 Å². The minimum atomic E-state index is 0.374. The van der Waals surface area contributed by atoms with Crippen molar-refractivity contribution in [2.75, 3.05) is 11.1 Å². The van der Waals surface area contributed by atoms with Crippen molar-refractivity contribution < 1.29 is 0 Å². The lowest BCUT2D eigenvalue weighted by molar-refractivity contribution is 0.304. The van der Waals surface area contributed by atoms with Gasteiger partial charge in [0.2, 0.25) is 0 Å². The number of nitrogens with zero attached hydrogens (tertiary/aromatic N) is 2. The summed E-state index contributed by atoms with van der Waals surface area (Å²) in [5, 5.41) is 12.6. The number of pyridine rings is 1. The van der Waals surface area contributed by atoms with E-state index in [0.29, 0.717) is 23.1 Å². The largest absolute Gasteiger partial charge is 0.397 e. The number of hydrogen-bond donors (Lipinski definition) is 2. The van der Waals surface area contributed by atoms with Gasteiger partial charge in [-0.05, 0) is 50.0 Å². The molecule has 2 bridgehead atoms. The van der Waals surface area contributed by atoms with Crippen LogP contribution in [0.25, 0.3) is 0 Å². The molecule has 0 spiro atoms. The third-order valence-corrected chi connectivity index (χ3v) is 4.83. The van der Waals surface area contributed by atoms with Crippen molar-refractivity contribution in [2.24, 2.45) is 17.8 Å². The zero-order valence-corrected chi connectivity index (χ0v) is 11.3. The highest BCUT2D eigenvalue weighted by molar-refractivity contribution is 5.57. The Morgan fingerprint density at radius 3 is 2.95 bits per heavy atom. The van der Waals surface area contributed by atoms with E-state index in [9.17, 15) is 0 Å². The molecule has 100 valence electrons. The van der Waals surface area contributed by atoms with Crippen LogP contribution in [0, 0.1) is 29.1 Å². The quantitative estimate of drug-likeness (QED) is 0.872. The van der Waals surface area contributed by atoms with Crippen molar-refractivity contribution in [2.45, 2.75) is 38.6 Å². The maximum atomic E-state index is 9.14. The molecule has 2 saturated carbocycles. The fourth-order valence-electron chi connectivity index (χ4n) is 3.91. The van der Waals surface area contributed by atoms with Gasteiger partial charge >= 0.3 is 0 Å². The normalized spacial score (nSPS) is 30.0. The molecule has 4 heteroatoms. The summed E-state index contributed by atoms with van der Waals surface area (Å²) in [6, 6.07) is 4.22. The maximum Gasteiger partial charge on any atom is 0.144 e. The number of nitrogen functional groups attached to an aromatic ring is 1. The maximum absolute atomic E-state index is 9.14. The first-order valence-electron chi connectivity index (χ1n) is 7.09. The molecule has 0 saturated heterocycles. The molecule has 3 N–H and O–H groups in total. The molecule has 1 aromatic heterocycles. The van der Waals surface area contributed by atoms with Crippen LogP contribution in [0.1, 0.15) is 38.2 Å². The van der Waals surface area contributed by atoms with Gasteiger partial charge in [-0.3, -0.25) is 0 Å². The zero-order valence-electron chi connectivity index (χ0n) is 11.3. The lowest BCUT2D eigenvalue weighted by atomic mass is 9.84. The summed E-state index contributed by atoms with van der Waals surface area (Å²) in [7, 11) is 0. The molecular formula is C15H20N4. The van der Waals surface area contributed by atoms with Gasteiger partial charge in [0.05, 0.1) is 17.4 Å². The van der Waals surface area contributed by atoms with Crippen LogP contribution in [0.4, 0.5) is 11.5 Å². The van der Waals surface area contributed by atoms with Crippen molar-refractivity contribution in [3.63, 3.8) is 0 Å². The lowest BCUT2D eigenvalue weighted by Crippen LogP contribution is -2.30. The summed E-state index contributed by atoms with van der Waals surface area (Å²) in [6.45, 7) is 2.21. The number of aromatic nitrogens is 1. The first kappa shape index (κ1) is 12.3. The average Bonchev–Trinajstić information content (AvgIpc) is 3.03. The third kappa shape index (κ3) is 2.25. The minimum Gasteiger partial charge on any atom is -0.397 e. The molecule has 1 heterocycles. The van der Waals surface area contributed by atoms with Gasteiger partial charge in [-0.15, -0.1) is 0 Å². The van der Waals surface area contributed by atoms with Gasteiger partial charge in [0.1, 0.15) is 11.9 Å². The molecule has 0 radical (unpaired) electrons. The zero-order chi connectivity index (χ0) is 13.4. The second kappa shape index (κ2) is 4.73. The highest BCUT2D eigenvalue weighted by atomic mass is 15.0. The Labute approximate surface area is 114 Å². The number of nitrogens with two attached hydrogens (primary N) is 1. The summed E-state index contributed by atoms with van der Waals surface area (Å²) in [4.78, 5) is 4.26. The van der Waals surface area contributed by atoms with Crippen LogP contribution in [0.3, 0.4) is 0 Å². The standard InChI is InChI=1S/C15H20N4/c1-9(14-5-10-2-3-11(14)4-10)19-15-12(7-16)6-13(17)8-18-15/h6,8-11,14H,2-5,17H2,1H3,(H,18,19). The fourth-order valence-corrected chi connectivity index (χ4v) is 3.91. The molecule has 3 rings (SSSR count). The first-order chi connectivity index (χ1) is 9.17. The Hall–Kier alpha value is -1.76. The van der Waals surface area contributed by atoms with Crippen LogP contribution in [0.2, 0.25) is 0 Å². The molecule has 4 nitrogen and oxygen atoms in total. The highest BCUT2D eigenvalue weighted by Crippen LogP contribution is 2.49. The van der Waals surface area contributed by atoms with Crippen LogP contribution in [-0.2, 0) is 0 Å². The summed E-state index contributed by atoms with van der Waals surface area (Å²) in [5.41, 5.74) is 6.74. The van der Waals surface area contributed by atoms with Crippen molar-refractivity contribution in [3.8, 4) is 6.07 Å². The van der Waals surface area contributed by atoms with E-state index >= 15 is 0 Å². The topological polar surface area (TPSA) is 74.7 Å². The average molecular weight is 256 g/mol. The van der Waals surface area contributed by atoms with Crippen LogP contribution in [-0.4, -0.2) is 11.0 Å². The Morgan fingerprint density at radius 2 is 2.32 bits per heavy atom. The molecule has 4 atom stereocenters. The Morgan fingerprint density at radius 1 is 1.47 bits per heavy atom. The fraction of sp³-hybridized carbons (Fsp3) is 0.600. The van der Waals surface area contributed by atoms with Gasteiger partial charge in [0.15, 0.2) is 0 Å². The number of nitriles is 1. The van der Waals surface area contributed by atoms with Gasteiger partial charge in [0.25, 0.3) is 0 Å². The first-order valence-corrected chi connectivity index (χ1v) is 7.09. The van der Waals surface area contributed by atoms with Crippen molar-refractivity contribution in [3.05, 3.63) is 17.8 Å². The van der Waals surface area contributed by atoms with Crippen LogP contribution >= 0.6 is 0 Å². The van der Waals surface area contributed by atoms with E-state index in [-0.39, 0.29) is 0 Å². The Bertz CT molecular complexity index is 519. The molecule has 2 fully saturated rings. The summed E-state index contributed by atoms with van der Waals surface area (Å²) >= 11 is 0. The predicted octanol–water partition coefficient (Wildman–Crippen LogP) is 2.77. The molecule has 0 aromatic carbocycles. The van der Waals surface area contributed by atoms with Crippen molar-refractivity contribution >= 4 is 11.5 Å². The molecule has 19 heavy (non-hydrogen) atoms. The second-order valence-corrected chi connectivity index (χ2v) is 6.05. The number of nitrogens with one attached hydrogen (secondary N) is 1. The van der Waals surface area contributed by atoms with E-state index in [2.05, 4.69) is 23.3 Å². The summed E-state index contributed by atoms with van der Waals surface area (Å²) < 4.78 is 0. The van der Waals surface area contributed by atoms with Crippen LogP contribution in [0.15, 0.2) is 12.3 Å². The monoisotopic (exact) mass is 256 g/mol. The van der Waals surface area contributed by atoms with E-state index in [1.807, 2.05) is 0 Å². The number of fused-ring (bicyclic) bond motifs is 2. The predicted molar refractivity (Wildman–Crippen MR) is 75.4 cm³/mol. The molecule has 2 aliphatic rings. The number of anilines is 2. The smallest absolute Gasteiger partial charge is 0.144 e. The SMILES string of the molecule is CC(Nc1ncc(N)cc1C#N)C1CC2CCC1C2. The Balaban J connectivity index is 1.73. The third-order valence-electron chi connectivity index (χ3n) is 4.83. The van der Waals surface area contributed by atoms with E-state index in [1.165, 1.54) is 25.7 Å². The van der Waals surface area contributed by atoms with Gasteiger partial charge in [0, 0.05) is 6.04 Å². The van der Waals surface area contributed by atoms with E-state index < -0.39 is 0 Å². The molecule has 0 amide bonds. The molecule has 2 aliphatic carbocycles. The van der Waals surface area contributed by atoms with Crippen molar-refractivity contribution in [1.29, 1.82) is 5.26 Å². The van der Waals surface area contributed by atoms with Gasteiger partial charge in [-0.2, -0.15) is 5.26 Å². The van der Waals surface area contributed by atoms with Gasteiger partial charge < -0.3 is 11.1 Å². The van der Waals surface area contributed by atoms with Crippen LogP contribution in [0.5, 0.6) is 0 Å². The van der Waals surface area contributed by atoms with Crippen molar-refractivity contribution in [1.82, 2.24) is 4.98 Å².